The van der Waals surface area contributed by atoms with E-state index in [0.717, 1.165) is 65.4 Å². The smallest absolute Gasteiger partial charge is 0.0984 e. The molecule has 0 saturated carbocycles. The molecule has 6 rings (SSSR count). The number of hydrogen-bond donors (Lipinski definition) is 0. The first-order valence-electron chi connectivity index (χ1n) is 11.7. The molecule has 0 spiro atoms. The quantitative estimate of drug-likeness (QED) is 0.480. The first kappa shape index (κ1) is 19.9. The highest BCUT2D eigenvalue weighted by atomic mass is 16.6. The zero-order chi connectivity index (χ0) is 20.6. The van der Waals surface area contributed by atoms with E-state index in [-0.39, 0.29) is 0 Å². The molecule has 4 fully saturated rings. The summed E-state index contributed by atoms with van der Waals surface area (Å²) in [6, 6.07) is 9.51. The number of hydrogen-bond acceptors (Lipinski definition) is 6. The van der Waals surface area contributed by atoms with Crippen LogP contribution in [0, 0.1) is 0 Å². The Hall–Kier alpha value is -1.70. The van der Waals surface area contributed by atoms with Crippen LogP contribution in [0.2, 0.25) is 0 Å². The summed E-state index contributed by atoms with van der Waals surface area (Å²) >= 11 is 0. The van der Waals surface area contributed by atoms with Crippen LogP contribution < -0.4 is 4.90 Å². The van der Waals surface area contributed by atoms with Crippen molar-refractivity contribution in [1.29, 1.82) is 0 Å². The van der Waals surface area contributed by atoms with Crippen molar-refractivity contribution in [2.75, 3.05) is 57.5 Å². The van der Waals surface area contributed by atoms with Gasteiger partial charge in [0, 0.05) is 37.9 Å². The molecule has 0 amide bonds. The van der Waals surface area contributed by atoms with Crippen molar-refractivity contribution in [3.63, 3.8) is 0 Å². The fourth-order valence-corrected chi connectivity index (χ4v) is 4.45. The normalized spacial score (nSPS) is 32.7. The Balaban J connectivity index is 1.04. The Bertz CT molecular complexity index is 794. The van der Waals surface area contributed by atoms with Crippen LogP contribution in [-0.4, -0.2) is 88.0 Å². The lowest BCUT2D eigenvalue weighted by Gasteiger charge is -2.30. The van der Waals surface area contributed by atoms with Crippen molar-refractivity contribution >= 4 is 5.69 Å². The Morgan fingerprint density at radius 3 is 1.77 bits per heavy atom. The van der Waals surface area contributed by atoms with Crippen molar-refractivity contribution in [2.24, 2.45) is 0 Å². The molecule has 4 aliphatic heterocycles. The third-order valence-electron chi connectivity index (χ3n) is 6.67. The zero-order valence-corrected chi connectivity index (χ0v) is 18.0. The van der Waals surface area contributed by atoms with Gasteiger partial charge in [0.2, 0.25) is 0 Å². The lowest BCUT2D eigenvalue weighted by molar-refractivity contribution is 0.187. The first-order chi connectivity index (χ1) is 15.3. The zero-order valence-electron chi connectivity index (χ0n) is 18.0. The van der Waals surface area contributed by atoms with Crippen molar-refractivity contribution in [3.05, 3.63) is 53.6 Å². The van der Waals surface area contributed by atoms with Crippen LogP contribution in [0.3, 0.4) is 0 Å². The highest BCUT2D eigenvalue weighted by molar-refractivity contribution is 5.49. The topological polar surface area (TPSA) is 56.6 Å². The van der Waals surface area contributed by atoms with Crippen LogP contribution in [0.1, 0.15) is 12.0 Å². The molecule has 4 saturated heterocycles. The molecular weight excluding hydrogens is 392 g/mol. The Morgan fingerprint density at radius 2 is 1.29 bits per heavy atom. The van der Waals surface area contributed by atoms with Crippen LogP contribution in [-0.2, 0) is 25.4 Å². The van der Waals surface area contributed by atoms with Gasteiger partial charge in [-0.3, -0.25) is 4.90 Å². The van der Waals surface area contributed by atoms with Crippen molar-refractivity contribution in [1.82, 2.24) is 4.90 Å². The van der Waals surface area contributed by atoms with E-state index in [9.17, 15) is 0 Å². The van der Waals surface area contributed by atoms with E-state index in [1.807, 2.05) is 0 Å². The molecule has 5 atom stereocenters. The van der Waals surface area contributed by atoms with Gasteiger partial charge < -0.3 is 23.8 Å². The molecule has 4 heterocycles. The third kappa shape index (κ3) is 5.76. The number of epoxide rings is 4. The molecule has 0 aromatic heterocycles. The van der Waals surface area contributed by atoms with Crippen LogP contribution in [0.25, 0.3) is 0 Å². The van der Waals surface area contributed by atoms with E-state index in [1.54, 1.807) is 0 Å². The predicted octanol–water partition coefficient (Wildman–Crippen LogP) is 2.19. The van der Waals surface area contributed by atoms with Gasteiger partial charge in [-0.1, -0.05) is 30.4 Å². The average molecular weight is 425 g/mol. The number of rotatable bonds is 12. The number of allylic oxidation sites excluding steroid dienone is 2. The summed E-state index contributed by atoms with van der Waals surface area (Å²) in [6.45, 7) is 7.57. The second-order valence-corrected chi connectivity index (χ2v) is 9.46. The molecule has 5 unspecified atom stereocenters. The van der Waals surface area contributed by atoms with Crippen molar-refractivity contribution in [3.8, 4) is 0 Å². The minimum absolute atomic E-state index is 0.390. The van der Waals surface area contributed by atoms with Crippen LogP contribution >= 0.6 is 0 Å². The summed E-state index contributed by atoms with van der Waals surface area (Å²) in [5.74, 6) is 0. The lowest BCUT2D eigenvalue weighted by Crippen LogP contribution is -2.40. The van der Waals surface area contributed by atoms with Gasteiger partial charge in [-0.05, 0) is 36.1 Å². The fraction of sp³-hybridized carbons (Fsp3) is 0.600. The summed E-state index contributed by atoms with van der Waals surface area (Å²) in [7, 11) is 0. The predicted molar refractivity (Wildman–Crippen MR) is 119 cm³/mol. The second-order valence-electron chi connectivity index (χ2n) is 9.46. The molecule has 6 nitrogen and oxygen atoms in total. The standard InChI is InChI=1S/C25H32N2O4/c1-5-20(26(10-22-14-28-22)11-23-15-29-23)6-2-18(1)9-19-3-7-21(8-4-19)27(12-24-16-30-24)13-25-17-31-25/h1-7,21-25H,8-17H2. The molecule has 31 heavy (non-hydrogen) atoms. The third-order valence-corrected chi connectivity index (χ3v) is 6.67. The van der Waals surface area contributed by atoms with Gasteiger partial charge >= 0.3 is 0 Å². The minimum Gasteiger partial charge on any atom is -0.372 e. The molecule has 0 radical (unpaired) electrons. The van der Waals surface area contributed by atoms with Crippen molar-refractivity contribution < 1.29 is 18.9 Å². The minimum atomic E-state index is 0.390. The van der Waals surface area contributed by atoms with E-state index in [4.69, 9.17) is 18.9 Å². The van der Waals surface area contributed by atoms with E-state index < -0.39 is 0 Å². The number of benzene rings is 1. The monoisotopic (exact) mass is 424 g/mol. The molecule has 166 valence electrons. The fourth-order valence-electron chi connectivity index (χ4n) is 4.45. The van der Waals surface area contributed by atoms with Gasteiger partial charge in [-0.25, -0.2) is 0 Å². The molecule has 6 heteroatoms. The summed E-state index contributed by atoms with van der Waals surface area (Å²) in [6.07, 6.45) is 10.8. The summed E-state index contributed by atoms with van der Waals surface area (Å²) < 4.78 is 21.8. The number of anilines is 1. The SMILES string of the molecule is C1=CC(N(CC2CO2)CC2CO2)CC=C1Cc1ccc(N(CC2CO2)CC2CO2)cc1. The molecule has 1 aromatic carbocycles. The molecule has 5 aliphatic rings. The molecule has 0 N–H and O–H groups in total. The van der Waals surface area contributed by atoms with Crippen LogP contribution in [0.15, 0.2) is 48.1 Å². The first-order valence-corrected chi connectivity index (χ1v) is 11.7. The van der Waals surface area contributed by atoms with E-state index in [2.05, 4.69) is 52.3 Å². The maximum absolute atomic E-state index is 5.47. The molecule has 1 aromatic rings. The second kappa shape index (κ2) is 8.68. The largest absolute Gasteiger partial charge is 0.372 e. The van der Waals surface area contributed by atoms with Crippen molar-refractivity contribution in [2.45, 2.75) is 43.3 Å². The van der Waals surface area contributed by atoms with Gasteiger partial charge in [0.05, 0.1) is 50.8 Å². The number of ether oxygens (including phenoxy) is 4. The average Bonchev–Trinajstić information content (AvgIpc) is 3.63. The Labute approximate surface area is 184 Å². The summed E-state index contributed by atoms with van der Waals surface area (Å²) in [5.41, 5.74) is 4.03. The maximum Gasteiger partial charge on any atom is 0.0984 e. The van der Waals surface area contributed by atoms with Gasteiger partial charge in [-0.2, -0.15) is 0 Å². The highest BCUT2D eigenvalue weighted by Crippen LogP contribution is 2.26. The molecule has 0 bridgehead atoms. The summed E-state index contributed by atoms with van der Waals surface area (Å²) in [4.78, 5) is 4.95. The number of nitrogens with zero attached hydrogens (tertiary/aromatic N) is 2. The van der Waals surface area contributed by atoms with Gasteiger partial charge in [0.1, 0.15) is 0 Å². The van der Waals surface area contributed by atoms with Gasteiger partial charge in [0.25, 0.3) is 0 Å². The Morgan fingerprint density at radius 1 is 0.742 bits per heavy atom. The Kier molecular flexibility index (Phi) is 5.58. The van der Waals surface area contributed by atoms with Crippen LogP contribution in [0.5, 0.6) is 0 Å². The molecular formula is C25H32N2O4. The van der Waals surface area contributed by atoms with E-state index in [1.165, 1.54) is 16.8 Å². The maximum atomic E-state index is 5.47. The lowest BCUT2D eigenvalue weighted by atomic mass is 9.96. The van der Waals surface area contributed by atoms with Crippen LogP contribution in [0.4, 0.5) is 5.69 Å². The van der Waals surface area contributed by atoms with E-state index >= 15 is 0 Å². The highest BCUT2D eigenvalue weighted by Gasteiger charge is 2.34. The molecule has 1 aliphatic carbocycles. The summed E-state index contributed by atoms with van der Waals surface area (Å²) in [5, 5.41) is 0. The van der Waals surface area contributed by atoms with Gasteiger partial charge in [0.15, 0.2) is 0 Å². The van der Waals surface area contributed by atoms with E-state index in [0.29, 0.717) is 30.5 Å². The van der Waals surface area contributed by atoms with Gasteiger partial charge in [-0.15, -0.1) is 0 Å².